The second-order valence-corrected chi connectivity index (χ2v) is 6.57. The minimum absolute atomic E-state index is 0.340. The van der Waals surface area contributed by atoms with Crippen LogP contribution in [-0.2, 0) is 0 Å². The van der Waals surface area contributed by atoms with Gasteiger partial charge in [0.25, 0.3) is 0 Å². The molecule has 23 heavy (non-hydrogen) atoms. The summed E-state index contributed by atoms with van der Waals surface area (Å²) >= 11 is 0. The molecule has 0 bridgehead atoms. The third-order valence-corrected chi connectivity index (χ3v) is 4.54. The Morgan fingerprint density at radius 3 is 2.00 bits per heavy atom. The number of para-hydroxylation sites is 1. The fourth-order valence-corrected chi connectivity index (χ4v) is 3.13. The second kappa shape index (κ2) is 6.87. The summed E-state index contributed by atoms with van der Waals surface area (Å²) in [6, 6.07) is 20.0. The van der Waals surface area contributed by atoms with Crippen LogP contribution in [0.1, 0.15) is 32.3 Å². The highest BCUT2D eigenvalue weighted by Crippen LogP contribution is 2.33. The van der Waals surface area contributed by atoms with Gasteiger partial charge < -0.3 is 4.90 Å². The summed E-state index contributed by atoms with van der Waals surface area (Å²) in [6.45, 7) is 6.75. The Bertz CT molecular complexity index is 680. The molecule has 0 saturated heterocycles. The first kappa shape index (κ1) is 15.6. The molecule has 1 nitrogen and oxygen atoms in total. The maximum atomic E-state index is 2.44. The first-order valence-corrected chi connectivity index (χ1v) is 8.46. The van der Waals surface area contributed by atoms with Crippen molar-refractivity contribution in [3.05, 3.63) is 84.5 Å². The number of hydrogen-bond acceptors (Lipinski definition) is 1. The summed E-state index contributed by atoms with van der Waals surface area (Å²) in [7, 11) is 0. The Kier molecular flexibility index (Phi) is 4.66. The molecule has 0 fully saturated rings. The van der Waals surface area contributed by atoms with Crippen molar-refractivity contribution >= 4 is 11.4 Å². The minimum Gasteiger partial charge on any atom is -0.334 e. The summed E-state index contributed by atoms with van der Waals surface area (Å²) in [4.78, 5) is 2.44. The van der Waals surface area contributed by atoms with Crippen molar-refractivity contribution in [1.82, 2.24) is 0 Å². The van der Waals surface area contributed by atoms with Gasteiger partial charge in [0, 0.05) is 11.4 Å². The molecule has 0 aliphatic heterocycles. The standard InChI is InChI=1S/C22H25N/c1-17(2)19-13-15-21(16-14-19)23(20-10-5-4-6-11-20)22-12-8-7-9-18(22)3/h4-18,22H,1-3H3. The van der Waals surface area contributed by atoms with E-state index in [9.17, 15) is 0 Å². The normalized spacial score (nSPS) is 20.0. The number of anilines is 2. The molecule has 2 aromatic rings. The predicted octanol–water partition coefficient (Wildman–Crippen LogP) is 6.08. The molecule has 0 radical (unpaired) electrons. The molecule has 3 rings (SSSR count). The van der Waals surface area contributed by atoms with Crippen molar-refractivity contribution in [2.75, 3.05) is 4.90 Å². The summed E-state index contributed by atoms with van der Waals surface area (Å²) in [6.07, 6.45) is 8.88. The lowest BCUT2D eigenvalue weighted by Gasteiger charge is -2.36. The number of rotatable bonds is 4. The molecular weight excluding hydrogens is 278 g/mol. The Morgan fingerprint density at radius 2 is 1.39 bits per heavy atom. The minimum atomic E-state index is 0.340. The van der Waals surface area contributed by atoms with Crippen LogP contribution in [0, 0.1) is 5.92 Å². The fraction of sp³-hybridized carbons (Fsp3) is 0.273. The lowest BCUT2D eigenvalue weighted by molar-refractivity contribution is 0.609. The zero-order valence-corrected chi connectivity index (χ0v) is 14.2. The summed E-state index contributed by atoms with van der Waals surface area (Å²) in [5.41, 5.74) is 3.87. The van der Waals surface area contributed by atoms with E-state index in [-0.39, 0.29) is 0 Å². The first-order valence-electron chi connectivity index (χ1n) is 8.46. The Balaban J connectivity index is 2.01. The predicted molar refractivity (Wildman–Crippen MR) is 100 cm³/mol. The molecule has 0 spiro atoms. The van der Waals surface area contributed by atoms with Gasteiger partial charge in [-0.05, 0) is 41.7 Å². The van der Waals surface area contributed by atoms with Gasteiger partial charge in [0.1, 0.15) is 0 Å². The highest BCUT2D eigenvalue weighted by molar-refractivity contribution is 5.66. The van der Waals surface area contributed by atoms with Crippen LogP contribution in [0.3, 0.4) is 0 Å². The maximum absolute atomic E-state index is 2.44. The van der Waals surface area contributed by atoms with E-state index in [1.54, 1.807) is 0 Å². The lowest BCUT2D eigenvalue weighted by atomic mass is 9.94. The van der Waals surface area contributed by atoms with Gasteiger partial charge in [-0.3, -0.25) is 0 Å². The van der Waals surface area contributed by atoms with Gasteiger partial charge in [-0.2, -0.15) is 0 Å². The number of nitrogens with zero attached hydrogens (tertiary/aromatic N) is 1. The van der Waals surface area contributed by atoms with Crippen LogP contribution in [0.5, 0.6) is 0 Å². The molecular formula is C22H25N. The average Bonchev–Trinajstić information content (AvgIpc) is 2.58. The molecule has 2 atom stereocenters. The molecule has 1 aliphatic rings. The van der Waals surface area contributed by atoms with Gasteiger partial charge in [0.05, 0.1) is 6.04 Å². The molecule has 1 heteroatoms. The van der Waals surface area contributed by atoms with E-state index in [4.69, 9.17) is 0 Å². The van der Waals surface area contributed by atoms with E-state index >= 15 is 0 Å². The summed E-state index contributed by atoms with van der Waals surface area (Å²) < 4.78 is 0. The van der Waals surface area contributed by atoms with Crippen LogP contribution in [-0.4, -0.2) is 6.04 Å². The van der Waals surface area contributed by atoms with Gasteiger partial charge in [0.2, 0.25) is 0 Å². The van der Waals surface area contributed by atoms with Crippen molar-refractivity contribution in [2.24, 2.45) is 5.92 Å². The van der Waals surface area contributed by atoms with Gasteiger partial charge in [-0.15, -0.1) is 0 Å². The van der Waals surface area contributed by atoms with Crippen LogP contribution in [0.15, 0.2) is 78.9 Å². The smallest absolute Gasteiger partial charge is 0.0585 e. The van der Waals surface area contributed by atoms with Crippen LogP contribution in [0.4, 0.5) is 11.4 Å². The van der Waals surface area contributed by atoms with Gasteiger partial charge in [-0.25, -0.2) is 0 Å². The van der Waals surface area contributed by atoms with Crippen LogP contribution in [0.25, 0.3) is 0 Å². The molecule has 0 amide bonds. The average molecular weight is 303 g/mol. The molecule has 0 saturated carbocycles. The molecule has 1 aliphatic carbocycles. The largest absolute Gasteiger partial charge is 0.334 e. The molecule has 0 aromatic heterocycles. The Morgan fingerprint density at radius 1 is 0.783 bits per heavy atom. The van der Waals surface area contributed by atoms with Crippen molar-refractivity contribution in [2.45, 2.75) is 32.7 Å². The van der Waals surface area contributed by atoms with E-state index in [2.05, 4.69) is 105 Å². The van der Waals surface area contributed by atoms with Gasteiger partial charge in [-0.1, -0.05) is 75.4 Å². The van der Waals surface area contributed by atoms with Crippen molar-refractivity contribution in [3.63, 3.8) is 0 Å². The Hall–Kier alpha value is -2.28. The molecule has 2 aromatic carbocycles. The van der Waals surface area contributed by atoms with Crippen LogP contribution < -0.4 is 4.90 Å². The van der Waals surface area contributed by atoms with E-state index in [1.165, 1.54) is 16.9 Å². The monoisotopic (exact) mass is 303 g/mol. The number of allylic oxidation sites excluding steroid dienone is 2. The zero-order chi connectivity index (χ0) is 16.2. The highest BCUT2D eigenvalue weighted by atomic mass is 15.2. The van der Waals surface area contributed by atoms with E-state index in [0.717, 1.165) is 0 Å². The maximum Gasteiger partial charge on any atom is 0.0585 e. The second-order valence-electron chi connectivity index (χ2n) is 6.57. The topological polar surface area (TPSA) is 3.24 Å². The quantitative estimate of drug-likeness (QED) is 0.661. The van der Waals surface area contributed by atoms with Crippen LogP contribution >= 0.6 is 0 Å². The lowest BCUT2D eigenvalue weighted by Crippen LogP contribution is -2.35. The Labute approximate surface area is 140 Å². The van der Waals surface area contributed by atoms with Gasteiger partial charge in [0.15, 0.2) is 0 Å². The molecule has 0 N–H and O–H groups in total. The summed E-state index contributed by atoms with van der Waals surface area (Å²) in [5.74, 6) is 1.04. The first-order chi connectivity index (χ1) is 11.2. The van der Waals surface area contributed by atoms with Crippen molar-refractivity contribution in [1.29, 1.82) is 0 Å². The molecule has 118 valence electrons. The number of benzene rings is 2. The van der Waals surface area contributed by atoms with Crippen LogP contribution in [0.2, 0.25) is 0 Å². The summed E-state index contributed by atoms with van der Waals surface area (Å²) in [5, 5.41) is 0. The third kappa shape index (κ3) is 3.39. The molecule has 0 heterocycles. The number of hydrogen-bond donors (Lipinski definition) is 0. The molecule has 2 unspecified atom stereocenters. The SMILES string of the molecule is CC(C)c1ccc(N(c2ccccc2)C2C=CC=CC2C)cc1. The van der Waals surface area contributed by atoms with E-state index in [1.807, 2.05) is 0 Å². The highest BCUT2D eigenvalue weighted by Gasteiger charge is 2.23. The van der Waals surface area contributed by atoms with E-state index in [0.29, 0.717) is 17.9 Å². The zero-order valence-electron chi connectivity index (χ0n) is 14.2. The fourth-order valence-electron chi connectivity index (χ4n) is 3.13. The third-order valence-electron chi connectivity index (χ3n) is 4.54. The van der Waals surface area contributed by atoms with Gasteiger partial charge >= 0.3 is 0 Å². The van der Waals surface area contributed by atoms with Crippen molar-refractivity contribution < 1.29 is 0 Å². The van der Waals surface area contributed by atoms with E-state index < -0.39 is 0 Å². The van der Waals surface area contributed by atoms with Crippen molar-refractivity contribution in [3.8, 4) is 0 Å².